The maximum Gasteiger partial charge on any atom is 0.268 e. The summed E-state index contributed by atoms with van der Waals surface area (Å²) in [4.78, 5) is 13.3. The number of carbonyl (C=O) groups excluding carboxylic acids is 1. The van der Waals surface area contributed by atoms with E-state index in [0.717, 1.165) is 40.3 Å². The van der Waals surface area contributed by atoms with E-state index in [1.165, 1.54) is 12.7 Å². The second-order valence-corrected chi connectivity index (χ2v) is 11.0. The molecule has 0 aromatic heterocycles. The third kappa shape index (κ3) is 5.31. The van der Waals surface area contributed by atoms with Crippen LogP contribution in [0.4, 0.5) is 5.69 Å². The molecule has 0 fully saturated rings. The van der Waals surface area contributed by atoms with Gasteiger partial charge in [-0.1, -0.05) is 48.0 Å². The van der Waals surface area contributed by atoms with Crippen LogP contribution in [0, 0.1) is 13.8 Å². The van der Waals surface area contributed by atoms with Crippen molar-refractivity contribution < 1.29 is 17.9 Å². The van der Waals surface area contributed by atoms with Crippen molar-refractivity contribution in [2.45, 2.75) is 44.0 Å². The van der Waals surface area contributed by atoms with E-state index in [2.05, 4.69) is 11.4 Å². The molecular weight excluding hydrogens is 484 g/mol. The molecule has 0 heterocycles. The normalized spacial score (nSPS) is 15.3. The molecule has 35 heavy (non-hydrogen) atoms. The first kappa shape index (κ1) is 25.1. The van der Waals surface area contributed by atoms with Gasteiger partial charge in [0.2, 0.25) is 5.91 Å². The molecule has 4 rings (SSSR count). The summed E-state index contributed by atoms with van der Waals surface area (Å²) in [5.41, 5.74) is 4.17. The summed E-state index contributed by atoms with van der Waals surface area (Å²) in [6.45, 7) is 3.25. The number of halogens is 1. The molecule has 0 saturated heterocycles. The van der Waals surface area contributed by atoms with Gasteiger partial charge in [0.05, 0.1) is 18.8 Å². The molecule has 184 valence electrons. The molecule has 3 aromatic rings. The van der Waals surface area contributed by atoms with E-state index >= 15 is 0 Å². The SMILES string of the molecule is COc1ccc(C)cc1S(=O)(=O)N(CC(=O)N[C@@H]1CCCc2ccccc21)c1ccc(C)c(Cl)c1. The lowest BCUT2D eigenvalue weighted by Gasteiger charge is -2.29. The average molecular weight is 513 g/mol. The molecule has 1 aliphatic carbocycles. The fourth-order valence-corrected chi connectivity index (χ4v) is 6.26. The van der Waals surface area contributed by atoms with Crippen molar-refractivity contribution in [3.8, 4) is 5.75 Å². The number of fused-ring (bicyclic) bond motifs is 1. The summed E-state index contributed by atoms with van der Waals surface area (Å²) < 4.78 is 34.3. The Morgan fingerprint density at radius 1 is 1.11 bits per heavy atom. The number of benzene rings is 3. The van der Waals surface area contributed by atoms with Gasteiger partial charge in [-0.25, -0.2) is 8.42 Å². The van der Waals surface area contributed by atoms with Gasteiger partial charge in [-0.05, 0) is 79.6 Å². The fraction of sp³-hybridized carbons (Fsp3) is 0.296. The molecule has 1 aliphatic rings. The van der Waals surface area contributed by atoms with E-state index in [1.54, 1.807) is 43.3 Å². The molecule has 0 aliphatic heterocycles. The number of ether oxygens (including phenoxy) is 1. The van der Waals surface area contributed by atoms with Crippen molar-refractivity contribution in [2.75, 3.05) is 18.0 Å². The minimum absolute atomic E-state index is 0.00694. The van der Waals surface area contributed by atoms with Crippen LogP contribution in [0.5, 0.6) is 5.75 Å². The Morgan fingerprint density at radius 3 is 2.63 bits per heavy atom. The largest absolute Gasteiger partial charge is 0.495 e. The maximum absolute atomic E-state index is 13.9. The second-order valence-electron chi connectivity index (χ2n) is 8.81. The first-order chi connectivity index (χ1) is 16.7. The van der Waals surface area contributed by atoms with Crippen LogP contribution in [0.25, 0.3) is 0 Å². The molecule has 6 nitrogen and oxygen atoms in total. The Hall–Kier alpha value is -3.03. The zero-order valence-electron chi connectivity index (χ0n) is 20.0. The fourth-order valence-electron chi connectivity index (χ4n) is 4.43. The summed E-state index contributed by atoms with van der Waals surface area (Å²) in [5.74, 6) is -0.181. The van der Waals surface area contributed by atoms with Crippen molar-refractivity contribution in [1.82, 2.24) is 5.32 Å². The van der Waals surface area contributed by atoms with Gasteiger partial charge in [-0.15, -0.1) is 0 Å². The first-order valence-electron chi connectivity index (χ1n) is 11.5. The molecule has 0 bridgehead atoms. The van der Waals surface area contributed by atoms with E-state index in [4.69, 9.17) is 16.3 Å². The highest BCUT2D eigenvalue weighted by molar-refractivity contribution is 7.93. The molecule has 1 amide bonds. The van der Waals surface area contributed by atoms with Gasteiger partial charge >= 0.3 is 0 Å². The van der Waals surface area contributed by atoms with Gasteiger partial charge < -0.3 is 10.1 Å². The Labute approximate surface area is 211 Å². The number of amides is 1. The summed E-state index contributed by atoms with van der Waals surface area (Å²) in [6, 6.07) is 17.8. The second kappa shape index (κ2) is 10.3. The number of hydrogen-bond donors (Lipinski definition) is 1. The lowest BCUT2D eigenvalue weighted by atomic mass is 9.88. The predicted molar refractivity (Wildman–Crippen MR) is 139 cm³/mol. The van der Waals surface area contributed by atoms with Crippen molar-refractivity contribution >= 4 is 33.2 Å². The van der Waals surface area contributed by atoms with Crippen molar-refractivity contribution in [2.24, 2.45) is 0 Å². The molecule has 8 heteroatoms. The topological polar surface area (TPSA) is 75.7 Å². The molecular formula is C27H29ClN2O4S. The highest BCUT2D eigenvalue weighted by Gasteiger charge is 2.31. The number of nitrogens with one attached hydrogen (secondary N) is 1. The van der Waals surface area contributed by atoms with Crippen LogP contribution in [0.2, 0.25) is 5.02 Å². The summed E-state index contributed by atoms with van der Waals surface area (Å²) in [6.07, 6.45) is 2.73. The van der Waals surface area contributed by atoms with Gasteiger partial charge in [0.1, 0.15) is 17.2 Å². The Balaban J connectivity index is 1.70. The van der Waals surface area contributed by atoms with E-state index in [0.29, 0.717) is 10.7 Å². The maximum atomic E-state index is 13.9. The number of methoxy groups -OCH3 is 1. The number of rotatable bonds is 7. The third-order valence-electron chi connectivity index (χ3n) is 6.32. The molecule has 3 aromatic carbocycles. The summed E-state index contributed by atoms with van der Waals surface area (Å²) in [7, 11) is -2.74. The van der Waals surface area contributed by atoms with E-state index < -0.39 is 22.5 Å². The first-order valence-corrected chi connectivity index (χ1v) is 13.3. The molecule has 0 radical (unpaired) electrons. The Morgan fingerprint density at radius 2 is 1.89 bits per heavy atom. The molecule has 1 N–H and O–H groups in total. The van der Waals surface area contributed by atoms with E-state index in [-0.39, 0.29) is 16.7 Å². The predicted octanol–water partition coefficient (Wildman–Crippen LogP) is 5.35. The van der Waals surface area contributed by atoms with Crippen LogP contribution >= 0.6 is 11.6 Å². The zero-order chi connectivity index (χ0) is 25.2. The van der Waals surface area contributed by atoms with Crippen LogP contribution in [0.1, 0.15) is 41.1 Å². The number of sulfonamides is 1. The van der Waals surface area contributed by atoms with Crippen molar-refractivity contribution in [3.63, 3.8) is 0 Å². The smallest absolute Gasteiger partial charge is 0.268 e. The monoisotopic (exact) mass is 512 g/mol. The lowest BCUT2D eigenvalue weighted by molar-refractivity contribution is -0.120. The van der Waals surface area contributed by atoms with Gasteiger partial charge in [-0.2, -0.15) is 0 Å². The standard InChI is InChI=1S/C27H29ClN2O4S/c1-18-11-14-25(34-3)26(15-18)35(32,33)30(21-13-12-19(2)23(28)16-21)17-27(31)29-24-10-6-8-20-7-4-5-9-22(20)24/h4-5,7,9,11-16,24H,6,8,10,17H2,1-3H3,(H,29,31)/t24-/m1/s1. The highest BCUT2D eigenvalue weighted by Crippen LogP contribution is 2.33. The van der Waals surface area contributed by atoms with Crippen molar-refractivity contribution in [1.29, 1.82) is 0 Å². The van der Waals surface area contributed by atoms with Crippen LogP contribution in [0.3, 0.4) is 0 Å². The number of hydrogen-bond acceptors (Lipinski definition) is 4. The van der Waals surface area contributed by atoms with Crippen LogP contribution in [-0.2, 0) is 21.2 Å². The zero-order valence-corrected chi connectivity index (χ0v) is 21.6. The van der Waals surface area contributed by atoms with E-state index in [1.807, 2.05) is 25.1 Å². The minimum atomic E-state index is -4.16. The molecule has 0 spiro atoms. The Kier molecular flexibility index (Phi) is 7.38. The third-order valence-corrected chi connectivity index (χ3v) is 8.52. The quantitative estimate of drug-likeness (QED) is 0.462. The molecule has 0 saturated carbocycles. The summed E-state index contributed by atoms with van der Waals surface area (Å²) in [5, 5.41) is 3.47. The van der Waals surface area contributed by atoms with Crippen LogP contribution in [0.15, 0.2) is 65.6 Å². The lowest BCUT2D eigenvalue weighted by Crippen LogP contribution is -2.42. The van der Waals surface area contributed by atoms with Crippen LogP contribution in [-0.4, -0.2) is 28.0 Å². The highest BCUT2D eigenvalue weighted by atomic mass is 35.5. The van der Waals surface area contributed by atoms with E-state index in [9.17, 15) is 13.2 Å². The van der Waals surface area contributed by atoms with Gasteiger partial charge in [-0.3, -0.25) is 9.10 Å². The average Bonchev–Trinajstić information content (AvgIpc) is 2.84. The minimum Gasteiger partial charge on any atom is -0.495 e. The Bertz CT molecular complexity index is 1360. The van der Waals surface area contributed by atoms with Crippen LogP contribution < -0.4 is 14.4 Å². The summed E-state index contributed by atoms with van der Waals surface area (Å²) >= 11 is 6.34. The number of nitrogens with zero attached hydrogens (tertiary/aromatic N) is 1. The number of carbonyl (C=O) groups is 1. The van der Waals surface area contributed by atoms with Gasteiger partial charge in [0, 0.05) is 5.02 Å². The molecule has 0 unspecified atom stereocenters. The number of anilines is 1. The van der Waals surface area contributed by atoms with Gasteiger partial charge in [0.25, 0.3) is 10.0 Å². The van der Waals surface area contributed by atoms with Crippen molar-refractivity contribution in [3.05, 3.63) is 87.9 Å². The van der Waals surface area contributed by atoms with Gasteiger partial charge in [0.15, 0.2) is 0 Å². The molecule has 1 atom stereocenters. The number of aryl methyl sites for hydroxylation is 3.